The van der Waals surface area contributed by atoms with Gasteiger partial charge in [-0.05, 0) is 58.5 Å². The van der Waals surface area contributed by atoms with Gasteiger partial charge in [0, 0.05) is 35.3 Å². The van der Waals surface area contributed by atoms with Crippen molar-refractivity contribution in [2.24, 2.45) is 0 Å². The molecule has 1 aliphatic rings. The quantitative estimate of drug-likeness (QED) is 0.452. The lowest BCUT2D eigenvalue weighted by Crippen LogP contribution is -2.51. The summed E-state index contributed by atoms with van der Waals surface area (Å²) in [5.41, 5.74) is 1.67. The molecule has 33 heavy (non-hydrogen) atoms. The van der Waals surface area contributed by atoms with Gasteiger partial charge in [-0.1, -0.05) is 36.4 Å². The molecule has 1 saturated heterocycles. The fraction of sp³-hybridized carbons (Fsp3) is 0.240. The SMILES string of the molecule is O=C(NCC(=O)N1CCN(c2ccc(OCc3ccccc3)cn2)CC1)c1cccc(I)c1. The molecule has 1 N–H and O–H groups in total. The Balaban J connectivity index is 1.22. The first-order chi connectivity index (χ1) is 16.1. The Bertz CT molecular complexity index is 1080. The van der Waals surface area contributed by atoms with Crippen LogP contribution in [-0.2, 0) is 11.4 Å². The zero-order valence-corrected chi connectivity index (χ0v) is 20.3. The van der Waals surface area contributed by atoms with Crippen LogP contribution in [0.3, 0.4) is 0 Å². The Labute approximate surface area is 206 Å². The summed E-state index contributed by atoms with van der Waals surface area (Å²) >= 11 is 2.16. The average Bonchev–Trinajstić information content (AvgIpc) is 2.87. The van der Waals surface area contributed by atoms with Crippen molar-refractivity contribution in [1.82, 2.24) is 15.2 Å². The van der Waals surface area contributed by atoms with Gasteiger partial charge in [-0.2, -0.15) is 0 Å². The number of nitrogens with zero attached hydrogens (tertiary/aromatic N) is 3. The standard InChI is InChI=1S/C25H25IN4O3/c26-21-8-4-7-20(15-21)25(32)28-17-24(31)30-13-11-29(12-14-30)23-10-9-22(16-27-23)33-18-19-5-2-1-3-6-19/h1-10,15-16H,11-14,17-18H2,(H,28,32). The average molecular weight is 556 g/mol. The summed E-state index contributed by atoms with van der Waals surface area (Å²) < 4.78 is 6.78. The Morgan fingerprint density at radius 1 is 0.970 bits per heavy atom. The molecular weight excluding hydrogens is 531 g/mol. The van der Waals surface area contributed by atoms with Crippen molar-refractivity contribution < 1.29 is 14.3 Å². The third-order valence-electron chi connectivity index (χ3n) is 5.41. The lowest BCUT2D eigenvalue weighted by Gasteiger charge is -2.35. The number of hydrogen-bond acceptors (Lipinski definition) is 5. The molecule has 7 nitrogen and oxygen atoms in total. The smallest absolute Gasteiger partial charge is 0.251 e. The summed E-state index contributed by atoms with van der Waals surface area (Å²) in [6.45, 7) is 3.05. The van der Waals surface area contributed by atoms with E-state index in [1.54, 1.807) is 23.2 Å². The molecule has 4 rings (SSSR count). The first kappa shape index (κ1) is 23.0. The first-order valence-corrected chi connectivity index (χ1v) is 11.9. The maximum Gasteiger partial charge on any atom is 0.251 e. The van der Waals surface area contributed by atoms with E-state index < -0.39 is 0 Å². The summed E-state index contributed by atoms with van der Waals surface area (Å²) in [7, 11) is 0. The summed E-state index contributed by atoms with van der Waals surface area (Å²) in [5.74, 6) is 1.27. The molecule has 0 bridgehead atoms. The van der Waals surface area contributed by atoms with Gasteiger partial charge in [0.05, 0.1) is 12.7 Å². The summed E-state index contributed by atoms with van der Waals surface area (Å²) in [4.78, 5) is 33.3. The van der Waals surface area contributed by atoms with Gasteiger partial charge in [0.25, 0.3) is 5.91 Å². The van der Waals surface area contributed by atoms with E-state index in [2.05, 4.69) is 37.8 Å². The van der Waals surface area contributed by atoms with Gasteiger partial charge in [-0.3, -0.25) is 9.59 Å². The number of benzene rings is 2. The molecule has 0 spiro atoms. The molecular formula is C25H25IN4O3. The molecule has 0 saturated carbocycles. The maximum absolute atomic E-state index is 12.5. The number of ether oxygens (including phenoxy) is 1. The number of amides is 2. The third-order valence-corrected chi connectivity index (χ3v) is 6.08. The van der Waals surface area contributed by atoms with Crippen molar-refractivity contribution in [3.63, 3.8) is 0 Å². The van der Waals surface area contributed by atoms with Gasteiger partial charge >= 0.3 is 0 Å². The van der Waals surface area contributed by atoms with Gasteiger partial charge in [-0.15, -0.1) is 0 Å². The van der Waals surface area contributed by atoms with Gasteiger partial charge in [0.1, 0.15) is 18.2 Å². The highest BCUT2D eigenvalue weighted by Gasteiger charge is 2.22. The van der Waals surface area contributed by atoms with Crippen molar-refractivity contribution in [2.45, 2.75) is 6.61 Å². The van der Waals surface area contributed by atoms with E-state index in [0.717, 1.165) is 20.7 Å². The second-order valence-corrected chi connectivity index (χ2v) is 8.93. The molecule has 2 amide bonds. The Kier molecular flexibility index (Phi) is 7.77. The van der Waals surface area contributed by atoms with Crippen LogP contribution in [0, 0.1) is 3.57 Å². The topological polar surface area (TPSA) is 74.8 Å². The minimum Gasteiger partial charge on any atom is -0.487 e. The van der Waals surface area contributed by atoms with Crippen LogP contribution in [0.1, 0.15) is 15.9 Å². The molecule has 0 atom stereocenters. The van der Waals surface area contributed by atoms with E-state index in [4.69, 9.17) is 4.74 Å². The van der Waals surface area contributed by atoms with Crippen molar-refractivity contribution >= 4 is 40.2 Å². The molecule has 0 unspecified atom stereocenters. The van der Waals surface area contributed by atoms with Crippen LogP contribution in [0.5, 0.6) is 5.75 Å². The Hall–Kier alpha value is -3.14. The van der Waals surface area contributed by atoms with Crippen molar-refractivity contribution in [1.29, 1.82) is 0 Å². The normalized spacial score (nSPS) is 13.5. The van der Waals surface area contributed by atoms with Crippen LogP contribution in [0.2, 0.25) is 0 Å². The highest BCUT2D eigenvalue weighted by Crippen LogP contribution is 2.18. The number of aromatic nitrogens is 1. The summed E-state index contributed by atoms with van der Waals surface area (Å²) in [6, 6.07) is 21.2. The number of piperazine rings is 1. The van der Waals surface area contributed by atoms with Crippen LogP contribution >= 0.6 is 22.6 Å². The number of pyridine rings is 1. The van der Waals surface area contributed by atoms with Crippen LogP contribution in [-0.4, -0.2) is 54.4 Å². The molecule has 1 fully saturated rings. The lowest BCUT2D eigenvalue weighted by molar-refractivity contribution is -0.130. The fourth-order valence-corrected chi connectivity index (χ4v) is 4.11. The van der Waals surface area contributed by atoms with Crippen LogP contribution in [0.15, 0.2) is 72.9 Å². The maximum atomic E-state index is 12.5. The number of rotatable bonds is 7. The molecule has 2 aromatic carbocycles. The fourth-order valence-electron chi connectivity index (χ4n) is 3.57. The largest absolute Gasteiger partial charge is 0.487 e. The summed E-state index contributed by atoms with van der Waals surface area (Å²) in [6.07, 6.45) is 1.73. The second-order valence-electron chi connectivity index (χ2n) is 7.69. The minimum absolute atomic E-state index is 0.00396. The van der Waals surface area contributed by atoms with E-state index in [1.807, 2.05) is 54.6 Å². The predicted molar refractivity (Wildman–Crippen MR) is 135 cm³/mol. The number of nitrogens with one attached hydrogen (secondary N) is 1. The van der Waals surface area contributed by atoms with Gasteiger partial charge in [0.15, 0.2) is 0 Å². The minimum atomic E-state index is -0.237. The molecule has 170 valence electrons. The Morgan fingerprint density at radius 2 is 1.76 bits per heavy atom. The van der Waals surface area contributed by atoms with Crippen LogP contribution in [0.4, 0.5) is 5.82 Å². The monoisotopic (exact) mass is 556 g/mol. The van der Waals surface area contributed by atoms with E-state index in [1.165, 1.54) is 0 Å². The third kappa shape index (κ3) is 6.44. The number of halogens is 1. The number of hydrogen-bond donors (Lipinski definition) is 1. The lowest BCUT2D eigenvalue weighted by atomic mass is 10.2. The van der Waals surface area contributed by atoms with E-state index in [-0.39, 0.29) is 18.4 Å². The zero-order chi connectivity index (χ0) is 23.0. The van der Waals surface area contributed by atoms with Crippen molar-refractivity contribution in [3.8, 4) is 5.75 Å². The molecule has 2 heterocycles. The van der Waals surface area contributed by atoms with Gasteiger partial charge < -0.3 is 19.9 Å². The summed E-state index contributed by atoms with van der Waals surface area (Å²) in [5, 5.41) is 2.72. The van der Waals surface area contributed by atoms with Crippen LogP contribution < -0.4 is 15.0 Å². The Morgan fingerprint density at radius 3 is 2.45 bits per heavy atom. The molecule has 0 radical (unpaired) electrons. The number of carbonyl (C=O) groups excluding carboxylic acids is 2. The van der Waals surface area contributed by atoms with E-state index in [9.17, 15) is 9.59 Å². The highest BCUT2D eigenvalue weighted by molar-refractivity contribution is 14.1. The predicted octanol–water partition coefficient (Wildman–Crippen LogP) is 3.34. The van der Waals surface area contributed by atoms with Gasteiger partial charge in [0.2, 0.25) is 5.91 Å². The van der Waals surface area contributed by atoms with Crippen LogP contribution in [0.25, 0.3) is 0 Å². The van der Waals surface area contributed by atoms with E-state index in [0.29, 0.717) is 38.3 Å². The second kappa shape index (κ2) is 11.1. The number of anilines is 1. The van der Waals surface area contributed by atoms with E-state index >= 15 is 0 Å². The van der Waals surface area contributed by atoms with Crippen molar-refractivity contribution in [3.05, 3.63) is 87.6 Å². The van der Waals surface area contributed by atoms with Gasteiger partial charge in [-0.25, -0.2) is 4.98 Å². The zero-order valence-electron chi connectivity index (χ0n) is 18.1. The highest BCUT2D eigenvalue weighted by atomic mass is 127. The molecule has 3 aromatic rings. The molecule has 1 aliphatic heterocycles. The number of carbonyl (C=O) groups is 2. The molecule has 1 aromatic heterocycles. The molecule has 8 heteroatoms. The molecule has 0 aliphatic carbocycles. The van der Waals surface area contributed by atoms with Crippen molar-refractivity contribution in [2.75, 3.05) is 37.6 Å². The first-order valence-electron chi connectivity index (χ1n) is 10.8.